The van der Waals surface area contributed by atoms with Crippen LogP contribution in [0.15, 0.2) is 30.6 Å². The number of amides is 1. The highest BCUT2D eigenvalue weighted by Crippen LogP contribution is 2.24. The maximum atomic E-state index is 13.4. The Morgan fingerprint density at radius 1 is 1.44 bits per heavy atom. The van der Waals surface area contributed by atoms with Crippen molar-refractivity contribution in [2.24, 2.45) is 0 Å². The summed E-state index contributed by atoms with van der Waals surface area (Å²) in [6.07, 6.45) is 2.81. The molecule has 1 unspecified atom stereocenters. The van der Waals surface area contributed by atoms with Crippen molar-refractivity contribution in [2.45, 2.75) is 25.6 Å². The average Bonchev–Trinajstić information content (AvgIpc) is 3.38. The van der Waals surface area contributed by atoms with Crippen LogP contribution < -0.4 is 10.6 Å². The number of benzene rings is 1. The van der Waals surface area contributed by atoms with Crippen LogP contribution >= 0.6 is 11.6 Å². The van der Waals surface area contributed by atoms with Crippen molar-refractivity contribution in [1.29, 1.82) is 5.41 Å². The number of rotatable bonds is 7. The number of carbonyl (C=O) groups is 1. The number of halogens is 2. The lowest BCUT2D eigenvalue weighted by Gasteiger charge is -2.21. The quantitative estimate of drug-likeness (QED) is 0.407. The van der Waals surface area contributed by atoms with Crippen LogP contribution in [-0.2, 0) is 0 Å². The van der Waals surface area contributed by atoms with E-state index in [1.807, 2.05) is 11.8 Å². The van der Waals surface area contributed by atoms with Crippen LogP contribution in [0, 0.1) is 5.41 Å². The van der Waals surface area contributed by atoms with Crippen molar-refractivity contribution in [2.75, 3.05) is 32.0 Å². The molecule has 1 amide bonds. The molecule has 0 aliphatic carbocycles. The Morgan fingerprint density at radius 3 is 2.97 bits per heavy atom. The molecule has 1 aliphatic heterocycles. The van der Waals surface area contributed by atoms with Crippen molar-refractivity contribution in [3.05, 3.63) is 52.4 Å². The van der Waals surface area contributed by atoms with Gasteiger partial charge in [-0.25, -0.2) is 14.4 Å². The zero-order chi connectivity index (χ0) is 22.8. The lowest BCUT2D eigenvalue weighted by Crippen LogP contribution is -2.41. The first-order chi connectivity index (χ1) is 15.4. The second-order valence-corrected chi connectivity index (χ2v) is 8.43. The molecule has 0 saturated carbocycles. The van der Waals surface area contributed by atoms with E-state index >= 15 is 0 Å². The molecule has 4 N–H and O–H groups in total. The fraction of sp³-hybridized carbons (Fsp3) is 0.364. The summed E-state index contributed by atoms with van der Waals surface area (Å²) >= 11 is 6.06. The number of H-pyrrole nitrogens is 1. The van der Waals surface area contributed by atoms with Crippen LogP contribution in [0.2, 0.25) is 5.02 Å². The number of nitrogens with one attached hydrogen (secondary N) is 4. The van der Waals surface area contributed by atoms with Gasteiger partial charge in [0.1, 0.15) is 17.4 Å². The molecule has 10 heteroatoms. The Hall–Kier alpha value is -3.04. The van der Waals surface area contributed by atoms with E-state index < -0.39 is 6.17 Å². The number of anilines is 1. The Balaban J connectivity index is 1.55. The van der Waals surface area contributed by atoms with Gasteiger partial charge in [0.15, 0.2) is 5.65 Å². The number of hydrogen-bond donors (Lipinski definition) is 4. The molecule has 1 aromatic carbocycles. The molecule has 4 rings (SSSR count). The highest BCUT2D eigenvalue weighted by atomic mass is 35.5. The third kappa shape index (κ3) is 4.58. The Bertz CT molecular complexity index is 1160. The lowest BCUT2D eigenvalue weighted by molar-refractivity contribution is 0.0933. The van der Waals surface area contributed by atoms with Crippen molar-refractivity contribution in [1.82, 2.24) is 25.2 Å². The molecule has 1 saturated heterocycles. The topological polar surface area (TPSA) is 110 Å². The molecule has 2 aromatic heterocycles. The maximum Gasteiger partial charge on any atom is 0.255 e. The molecule has 168 valence electrons. The minimum atomic E-state index is -0.792. The number of aromatic nitrogens is 3. The van der Waals surface area contributed by atoms with Crippen molar-refractivity contribution in [3.63, 3.8) is 0 Å². The zero-order valence-electron chi connectivity index (χ0n) is 17.9. The predicted octanol–water partition coefficient (Wildman–Crippen LogP) is 3.23. The highest BCUT2D eigenvalue weighted by molar-refractivity contribution is 6.31. The van der Waals surface area contributed by atoms with Gasteiger partial charge in [0.25, 0.3) is 5.91 Å². The van der Waals surface area contributed by atoms with Gasteiger partial charge in [0, 0.05) is 55.2 Å². The second kappa shape index (κ2) is 9.22. The summed E-state index contributed by atoms with van der Waals surface area (Å²) in [4.78, 5) is 26.7. The van der Waals surface area contributed by atoms with E-state index in [4.69, 9.17) is 17.0 Å². The van der Waals surface area contributed by atoms with Crippen LogP contribution in [0.4, 0.5) is 10.1 Å². The summed E-state index contributed by atoms with van der Waals surface area (Å²) in [6, 6.07) is 5.04. The number of nitrogens with zero attached hydrogens (tertiary/aromatic N) is 3. The van der Waals surface area contributed by atoms with Gasteiger partial charge >= 0.3 is 0 Å². The summed E-state index contributed by atoms with van der Waals surface area (Å²) in [6.45, 7) is 3.58. The van der Waals surface area contributed by atoms with E-state index in [2.05, 4.69) is 25.6 Å². The fourth-order valence-electron chi connectivity index (χ4n) is 3.95. The molecule has 1 fully saturated rings. The normalized spacial score (nSPS) is 17.4. The van der Waals surface area contributed by atoms with Gasteiger partial charge in [-0.3, -0.25) is 15.1 Å². The van der Waals surface area contributed by atoms with Gasteiger partial charge in [0.2, 0.25) is 0 Å². The summed E-state index contributed by atoms with van der Waals surface area (Å²) < 4.78 is 13.4. The first-order valence-corrected chi connectivity index (χ1v) is 10.8. The smallest absolute Gasteiger partial charge is 0.255 e. The SMILES string of the molecule is CNc1cc(Cl)ccc1C(=N)c1cnc2[nH]cc(C(=O)N[C@H](C)CN3CCC(F)C3)c2n1. The Kier molecular flexibility index (Phi) is 6.38. The lowest BCUT2D eigenvalue weighted by atomic mass is 10.1. The molecule has 8 nitrogen and oxygen atoms in total. The third-order valence-electron chi connectivity index (χ3n) is 5.53. The van der Waals surface area contributed by atoms with E-state index in [-0.39, 0.29) is 17.7 Å². The fourth-order valence-corrected chi connectivity index (χ4v) is 4.12. The van der Waals surface area contributed by atoms with Gasteiger partial charge in [-0.15, -0.1) is 0 Å². The number of fused-ring (bicyclic) bond motifs is 1. The summed E-state index contributed by atoms with van der Waals surface area (Å²) in [5.74, 6) is -0.292. The third-order valence-corrected chi connectivity index (χ3v) is 5.76. The van der Waals surface area contributed by atoms with Gasteiger partial charge in [0.05, 0.1) is 17.5 Å². The molecule has 0 radical (unpaired) electrons. The summed E-state index contributed by atoms with van der Waals surface area (Å²) in [7, 11) is 1.75. The standard InChI is InChI=1S/C22H25ClFN7O/c1-12(10-31-6-5-14(24)11-31)29-22(32)16-8-27-21-20(16)30-18(9-28-21)19(25)15-4-3-13(23)7-17(15)26-2/h3-4,7-9,12,14,25-26H,5-6,10-11H2,1-2H3,(H,27,28)(H,29,32)/t12-,14?/m1/s1. The molecule has 2 atom stereocenters. The molecular weight excluding hydrogens is 433 g/mol. The van der Waals surface area contributed by atoms with Gasteiger partial charge < -0.3 is 15.6 Å². The van der Waals surface area contributed by atoms with Crippen molar-refractivity contribution >= 4 is 40.1 Å². The number of likely N-dealkylation sites (tertiary alicyclic amines) is 1. The first kappa shape index (κ1) is 22.2. The molecule has 0 spiro atoms. The number of hydrogen-bond acceptors (Lipinski definition) is 6. The summed E-state index contributed by atoms with van der Waals surface area (Å²) in [5.41, 5.74) is 3.02. The van der Waals surface area contributed by atoms with Crippen LogP contribution in [0.3, 0.4) is 0 Å². The Morgan fingerprint density at radius 2 is 2.25 bits per heavy atom. The van der Waals surface area contributed by atoms with E-state index in [1.54, 1.807) is 31.4 Å². The first-order valence-electron chi connectivity index (χ1n) is 10.4. The van der Waals surface area contributed by atoms with Crippen LogP contribution in [0.5, 0.6) is 0 Å². The number of aromatic amines is 1. The van der Waals surface area contributed by atoms with E-state index in [9.17, 15) is 9.18 Å². The molecule has 3 heterocycles. The van der Waals surface area contributed by atoms with Gasteiger partial charge in [-0.1, -0.05) is 11.6 Å². The largest absolute Gasteiger partial charge is 0.388 e. The van der Waals surface area contributed by atoms with E-state index in [0.29, 0.717) is 64.7 Å². The van der Waals surface area contributed by atoms with Crippen LogP contribution in [-0.4, -0.2) is 70.4 Å². The van der Waals surface area contributed by atoms with Gasteiger partial charge in [-0.2, -0.15) is 0 Å². The Labute approximate surface area is 190 Å². The zero-order valence-corrected chi connectivity index (χ0v) is 18.6. The van der Waals surface area contributed by atoms with Crippen LogP contribution in [0.25, 0.3) is 11.2 Å². The monoisotopic (exact) mass is 457 g/mol. The molecule has 32 heavy (non-hydrogen) atoms. The minimum absolute atomic E-state index is 0.153. The summed E-state index contributed by atoms with van der Waals surface area (Å²) in [5, 5.41) is 15.2. The number of carbonyl (C=O) groups excluding carboxylic acids is 1. The van der Waals surface area contributed by atoms with E-state index in [0.717, 1.165) is 0 Å². The molecule has 0 bridgehead atoms. The van der Waals surface area contributed by atoms with E-state index in [1.165, 1.54) is 6.20 Å². The maximum absolute atomic E-state index is 13.4. The van der Waals surface area contributed by atoms with Crippen molar-refractivity contribution < 1.29 is 9.18 Å². The minimum Gasteiger partial charge on any atom is -0.388 e. The second-order valence-electron chi connectivity index (χ2n) is 7.99. The predicted molar refractivity (Wildman–Crippen MR) is 124 cm³/mol. The van der Waals surface area contributed by atoms with Gasteiger partial charge in [-0.05, 0) is 31.5 Å². The average molecular weight is 458 g/mol. The molecular formula is C22H25ClFN7O. The van der Waals surface area contributed by atoms with Crippen LogP contribution in [0.1, 0.15) is 35.0 Å². The van der Waals surface area contributed by atoms with Crippen molar-refractivity contribution in [3.8, 4) is 0 Å². The number of alkyl halides is 1. The molecule has 1 aliphatic rings. The molecule has 3 aromatic rings. The highest BCUT2D eigenvalue weighted by Gasteiger charge is 2.24.